The Balaban J connectivity index is 1.57. The molecule has 1 saturated carbocycles. The Kier molecular flexibility index (Phi) is 4.68. The number of nitrogens with zero attached hydrogens (tertiary/aromatic N) is 3. The topological polar surface area (TPSA) is 54.0 Å². The number of hydrogen-bond donors (Lipinski definition) is 1. The highest BCUT2D eigenvalue weighted by Crippen LogP contribution is 2.28. The number of nitrogens with one attached hydrogen (secondary N) is 1. The summed E-state index contributed by atoms with van der Waals surface area (Å²) in [7, 11) is 0. The second-order valence-corrected chi connectivity index (χ2v) is 6.18. The van der Waals surface area contributed by atoms with Crippen molar-refractivity contribution in [2.45, 2.75) is 58.1 Å². The molecule has 20 heavy (non-hydrogen) atoms. The zero-order valence-corrected chi connectivity index (χ0v) is 12.5. The van der Waals surface area contributed by atoms with Crippen molar-refractivity contribution in [3.63, 3.8) is 0 Å². The maximum Gasteiger partial charge on any atom is 0.150 e. The minimum atomic E-state index is 0.420. The molecule has 0 spiro atoms. The molecule has 2 aliphatic rings. The molecule has 5 nitrogen and oxygen atoms in total. The summed E-state index contributed by atoms with van der Waals surface area (Å²) in [5, 5.41) is 7.32. The normalized spacial score (nSPS) is 23.4. The standard InChI is InChI=1S/C15H26N4O/c1-2-14-16-15(18-17-14)11-19(9-12-5-3-6-12)10-13-7-4-8-20-13/h12-13H,2-11H2,1H3,(H,16,17,18)/t13-/m0/s1. The zero-order chi connectivity index (χ0) is 13.8. The van der Waals surface area contributed by atoms with E-state index in [4.69, 9.17) is 4.74 Å². The maximum absolute atomic E-state index is 5.79. The minimum absolute atomic E-state index is 0.420. The fourth-order valence-corrected chi connectivity index (χ4v) is 3.10. The fraction of sp³-hybridized carbons (Fsp3) is 0.867. The van der Waals surface area contributed by atoms with Crippen molar-refractivity contribution in [3.05, 3.63) is 11.6 Å². The van der Waals surface area contributed by atoms with E-state index in [1.54, 1.807) is 0 Å². The molecule has 112 valence electrons. The Morgan fingerprint density at radius 1 is 1.25 bits per heavy atom. The van der Waals surface area contributed by atoms with Gasteiger partial charge in [-0.1, -0.05) is 13.3 Å². The average Bonchev–Trinajstić information content (AvgIpc) is 3.05. The third kappa shape index (κ3) is 3.58. The molecule has 1 N–H and O–H groups in total. The van der Waals surface area contributed by atoms with Gasteiger partial charge in [0, 0.05) is 26.1 Å². The van der Waals surface area contributed by atoms with Crippen LogP contribution in [0.3, 0.4) is 0 Å². The zero-order valence-electron chi connectivity index (χ0n) is 12.5. The Bertz CT molecular complexity index is 410. The Hall–Kier alpha value is -0.940. The van der Waals surface area contributed by atoms with E-state index in [0.29, 0.717) is 6.10 Å². The molecule has 0 bridgehead atoms. The van der Waals surface area contributed by atoms with Crippen LogP contribution in [-0.4, -0.2) is 45.9 Å². The molecule has 2 heterocycles. The Morgan fingerprint density at radius 3 is 2.75 bits per heavy atom. The van der Waals surface area contributed by atoms with Gasteiger partial charge in [-0.2, -0.15) is 5.10 Å². The molecule has 1 saturated heterocycles. The molecule has 1 aliphatic carbocycles. The van der Waals surface area contributed by atoms with Crippen LogP contribution in [0.25, 0.3) is 0 Å². The molecule has 3 rings (SSSR count). The number of rotatable bonds is 7. The van der Waals surface area contributed by atoms with Crippen molar-refractivity contribution < 1.29 is 4.74 Å². The number of aromatic nitrogens is 3. The molecule has 1 aromatic rings. The highest BCUT2D eigenvalue weighted by Gasteiger charge is 2.25. The van der Waals surface area contributed by atoms with Crippen LogP contribution < -0.4 is 0 Å². The van der Waals surface area contributed by atoms with E-state index in [1.807, 2.05) is 0 Å². The minimum Gasteiger partial charge on any atom is -0.377 e. The van der Waals surface area contributed by atoms with Crippen LogP contribution in [0.2, 0.25) is 0 Å². The third-order valence-corrected chi connectivity index (χ3v) is 4.49. The Labute approximate surface area is 121 Å². The van der Waals surface area contributed by atoms with Crippen LogP contribution in [0.5, 0.6) is 0 Å². The first-order chi connectivity index (χ1) is 9.83. The van der Waals surface area contributed by atoms with Crippen LogP contribution in [-0.2, 0) is 17.7 Å². The van der Waals surface area contributed by atoms with Gasteiger partial charge in [-0.05, 0) is 31.6 Å². The predicted octanol–water partition coefficient (Wildman–Crippen LogP) is 2.15. The van der Waals surface area contributed by atoms with Gasteiger partial charge in [0.1, 0.15) is 11.6 Å². The smallest absolute Gasteiger partial charge is 0.150 e. The molecule has 0 amide bonds. The maximum atomic E-state index is 5.79. The lowest BCUT2D eigenvalue weighted by Gasteiger charge is -2.33. The lowest BCUT2D eigenvalue weighted by Crippen LogP contribution is -2.37. The first-order valence-electron chi connectivity index (χ1n) is 8.07. The van der Waals surface area contributed by atoms with Gasteiger partial charge in [0.05, 0.1) is 12.6 Å². The van der Waals surface area contributed by atoms with E-state index in [9.17, 15) is 0 Å². The molecule has 0 aromatic carbocycles. The van der Waals surface area contributed by atoms with E-state index in [2.05, 4.69) is 27.0 Å². The van der Waals surface area contributed by atoms with Crippen molar-refractivity contribution in [1.82, 2.24) is 20.1 Å². The molecular formula is C15H26N4O. The highest BCUT2D eigenvalue weighted by molar-refractivity contribution is 4.91. The van der Waals surface area contributed by atoms with Crippen molar-refractivity contribution in [2.75, 3.05) is 19.7 Å². The van der Waals surface area contributed by atoms with Gasteiger partial charge in [0.25, 0.3) is 0 Å². The molecule has 0 unspecified atom stereocenters. The number of aryl methyl sites for hydroxylation is 1. The number of aromatic amines is 1. The molecule has 2 fully saturated rings. The van der Waals surface area contributed by atoms with Gasteiger partial charge < -0.3 is 4.74 Å². The predicted molar refractivity (Wildman–Crippen MR) is 77.4 cm³/mol. The van der Waals surface area contributed by atoms with Gasteiger partial charge in [-0.3, -0.25) is 10.00 Å². The summed E-state index contributed by atoms with van der Waals surface area (Å²) in [4.78, 5) is 7.06. The molecule has 0 radical (unpaired) electrons. The van der Waals surface area contributed by atoms with E-state index >= 15 is 0 Å². The van der Waals surface area contributed by atoms with E-state index in [1.165, 1.54) is 38.6 Å². The summed E-state index contributed by atoms with van der Waals surface area (Å²) in [6.07, 6.45) is 7.91. The second-order valence-electron chi connectivity index (χ2n) is 6.18. The average molecular weight is 278 g/mol. The van der Waals surface area contributed by atoms with Crippen molar-refractivity contribution in [3.8, 4) is 0 Å². The summed E-state index contributed by atoms with van der Waals surface area (Å²) in [6.45, 7) is 6.12. The molecule has 1 aliphatic heterocycles. The van der Waals surface area contributed by atoms with Gasteiger partial charge in [-0.15, -0.1) is 0 Å². The van der Waals surface area contributed by atoms with E-state index in [-0.39, 0.29) is 0 Å². The van der Waals surface area contributed by atoms with Crippen molar-refractivity contribution in [1.29, 1.82) is 0 Å². The van der Waals surface area contributed by atoms with Crippen LogP contribution in [0.15, 0.2) is 0 Å². The summed E-state index contributed by atoms with van der Waals surface area (Å²) in [5.74, 6) is 2.80. The van der Waals surface area contributed by atoms with Gasteiger partial charge in [0.15, 0.2) is 0 Å². The first-order valence-corrected chi connectivity index (χ1v) is 8.07. The summed E-state index contributed by atoms with van der Waals surface area (Å²) >= 11 is 0. The quantitative estimate of drug-likeness (QED) is 0.830. The largest absolute Gasteiger partial charge is 0.377 e. The van der Waals surface area contributed by atoms with Crippen molar-refractivity contribution >= 4 is 0 Å². The number of H-pyrrole nitrogens is 1. The SMILES string of the molecule is CCc1n[nH]c(CN(CC2CCC2)C[C@@H]2CCCO2)n1. The lowest BCUT2D eigenvalue weighted by molar-refractivity contribution is 0.0570. The number of hydrogen-bond acceptors (Lipinski definition) is 4. The highest BCUT2D eigenvalue weighted by atomic mass is 16.5. The second kappa shape index (κ2) is 6.68. The summed E-state index contributed by atoms with van der Waals surface area (Å²) in [5.41, 5.74) is 0. The van der Waals surface area contributed by atoms with E-state index < -0.39 is 0 Å². The van der Waals surface area contributed by atoms with Gasteiger partial charge in [-0.25, -0.2) is 4.98 Å². The monoisotopic (exact) mass is 278 g/mol. The van der Waals surface area contributed by atoms with Gasteiger partial charge in [0.2, 0.25) is 0 Å². The first kappa shape index (κ1) is 14.0. The van der Waals surface area contributed by atoms with Gasteiger partial charge >= 0.3 is 0 Å². The lowest BCUT2D eigenvalue weighted by atomic mass is 9.85. The fourth-order valence-electron chi connectivity index (χ4n) is 3.10. The van der Waals surface area contributed by atoms with Crippen LogP contribution in [0.4, 0.5) is 0 Å². The van der Waals surface area contributed by atoms with Crippen LogP contribution in [0.1, 0.15) is 50.7 Å². The summed E-state index contributed by atoms with van der Waals surface area (Å²) < 4.78 is 5.79. The van der Waals surface area contributed by atoms with E-state index in [0.717, 1.165) is 43.7 Å². The molecule has 1 aromatic heterocycles. The molecular weight excluding hydrogens is 252 g/mol. The third-order valence-electron chi connectivity index (χ3n) is 4.49. The molecule has 5 heteroatoms. The molecule has 1 atom stereocenters. The Morgan fingerprint density at radius 2 is 2.15 bits per heavy atom. The van der Waals surface area contributed by atoms with Crippen LogP contribution >= 0.6 is 0 Å². The van der Waals surface area contributed by atoms with Crippen molar-refractivity contribution in [2.24, 2.45) is 5.92 Å². The summed E-state index contributed by atoms with van der Waals surface area (Å²) in [6, 6.07) is 0. The van der Waals surface area contributed by atoms with Crippen LogP contribution in [0, 0.1) is 5.92 Å². The number of ether oxygens (including phenoxy) is 1.